The average molecular weight is 511 g/mol. The molecule has 0 saturated carbocycles. The quantitative estimate of drug-likeness (QED) is 0.0601. The van der Waals surface area contributed by atoms with Crippen LogP contribution in [0, 0.1) is 0 Å². The SMILES string of the molecule is CC(=O)N[C@@H](CC(=O)N[C@@H](CSC/C=C(\C)CC/C=C(\C)CCC=C(C)C)C(=O)NN)C(=O)NN. The van der Waals surface area contributed by atoms with Crippen LogP contribution in [0.4, 0.5) is 0 Å². The molecule has 11 heteroatoms. The molecule has 0 radical (unpaired) electrons. The second-order valence-electron chi connectivity index (χ2n) is 8.59. The molecular formula is C24H42N6O4S. The molecule has 0 saturated heterocycles. The van der Waals surface area contributed by atoms with E-state index >= 15 is 0 Å². The van der Waals surface area contributed by atoms with Crippen molar-refractivity contribution in [2.75, 3.05) is 11.5 Å². The summed E-state index contributed by atoms with van der Waals surface area (Å²) in [4.78, 5) is 47.5. The lowest BCUT2D eigenvalue weighted by molar-refractivity contribution is -0.132. The number of amides is 4. The molecule has 8 N–H and O–H groups in total. The van der Waals surface area contributed by atoms with Gasteiger partial charge in [0.05, 0.1) is 6.42 Å². The summed E-state index contributed by atoms with van der Waals surface area (Å²) < 4.78 is 0. The summed E-state index contributed by atoms with van der Waals surface area (Å²) in [5, 5.41) is 4.90. The Morgan fingerprint density at radius 2 is 1.31 bits per heavy atom. The van der Waals surface area contributed by atoms with Gasteiger partial charge in [0.15, 0.2) is 0 Å². The predicted octanol–water partition coefficient (Wildman–Crippen LogP) is 1.50. The highest BCUT2D eigenvalue weighted by molar-refractivity contribution is 7.99. The van der Waals surface area contributed by atoms with Gasteiger partial charge < -0.3 is 10.6 Å². The van der Waals surface area contributed by atoms with E-state index in [1.54, 1.807) is 0 Å². The van der Waals surface area contributed by atoms with Crippen molar-refractivity contribution in [1.29, 1.82) is 0 Å². The van der Waals surface area contributed by atoms with E-state index in [1.807, 2.05) is 10.9 Å². The van der Waals surface area contributed by atoms with Crippen LogP contribution in [0.15, 0.2) is 34.9 Å². The van der Waals surface area contributed by atoms with Crippen LogP contribution in [0.3, 0.4) is 0 Å². The van der Waals surface area contributed by atoms with Crippen molar-refractivity contribution >= 4 is 35.4 Å². The zero-order chi connectivity index (χ0) is 26.8. The number of carbonyl (C=O) groups excluding carboxylic acids is 4. The number of nitrogens with one attached hydrogen (secondary N) is 4. The Kier molecular flexibility index (Phi) is 17.3. The highest BCUT2D eigenvalue weighted by atomic mass is 32.2. The smallest absolute Gasteiger partial charge is 0.257 e. The van der Waals surface area contributed by atoms with Gasteiger partial charge >= 0.3 is 0 Å². The van der Waals surface area contributed by atoms with Crippen molar-refractivity contribution in [2.24, 2.45) is 11.7 Å². The fraction of sp³-hybridized carbons (Fsp3) is 0.583. The Morgan fingerprint density at radius 3 is 1.86 bits per heavy atom. The minimum atomic E-state index is -1.15. The first-order chi connectivity index (χ1) is 16.5. The minimum Gasteiger partial charge on any atom is -0.344 e. The van der Waals surface area contributed by atoms with E-state index in [-0.39, 0.29) is 12.2 Å². The fourth-order valence-corrected chi connectivity index (χ4v) is 4.01. The minimum absolute atomic E-state index is 0.288. The maximum atomic E-state index is 12.4. The molecule has 10 nitrogen and oxygen atoms in total. The summed E-state index contributed by atoms with van der Waals surface area (Å²) in [5.74, 6) is 8.94. The van der Waals surface area contributed by atoms with Crippen molar-refractivity contribution in [3.63, 3.8) is 0 Å². The van der Waals surface area contributed by atoms with Crippen LogP contribution < -0.4 is 33.2 Å². The summed E-state index contributed by atoms with van der Waals surface area (Å²) in [6.45, 7) is 9.66. The van der Waals surface area contributed by atoms with Gasteiger partial charge in [-0.05, 0) is 53.4 Å². The number of carbonyl (C=O) groups is 4. The third-order valence-corrected chi connectivity index (χ3v) is 5.95. The van der Waals surface area contributed by atoms with Crippen LogP contribution in [0.1, 0.15) is 66.7 Å². The maximum Gasteiger partial charge on any atom is 0.257 e. The molecule has 198 valence electrons. The summed E-state index contributed by atoms with van der Waals surface area (Å²) in [7, 11) is 0. The molecule has 0 unspecified atom stereocenters. The standard InChI is InChI=1S/C24H42N6O4S/c1-16(2)8-6-9-17(3)10-7-11-18(4)12-13-35-15-21(24(34)30-26)28-22(32)14-20(23(33)29-25)27-19(5)31/h8,10,12,20-21H,6-7,9,11,13-15,25-26H2,1-5H3,(H,27,31)(H,28,32)(H,29,33)(H,30,34)/b17-10+,18-12+/t20-,21-/m0/s1. The molecule has 0 heterocycles. The van der Waals surface area contributed by atoms with Crippen LogP contribution >= 0.6 is 11.8 Å². The van der Waals surface area contributed by atoms with Crippen LogP contribution in [0.5, 0.6) is 0 Å². The Hall–Kier alpha value is -2.63. The number of hydrazine groups is 2. The normalized spacial score (nSPS) is 13.3. The summed E-state index contributed by atoms with van der Waals surface area (Å²) >= 11 is 1.47. The number of hydrogen-bond donors (Lipinski definition) is 6. The molecule has 0 aromatic carbocycles. The molecule has 0 aliphatic heterocycles. The van der Waals surface area contributed by atoms with Crippen LogP contribution in [0.25, 0.3) is 0 Å². The van der Waals surface area contributed by atoms with E-state index in [9.17, 15) is 19.2 Å². The van der Waals surface area contributed by atoms with Crippen LogP contribution in [-0.2, 0) is 19.2 Å². The number of thioether (sulfide) groups is 1. The van der Waals surface area contributed by atoms with E-state index in [1.165, 1.54) is 35.4 Å². The largest absolute Gasteiger partial charge is 0.344 e. The zero-order valence-electron chi connectivity index (χ0n) is 21.5. The Balaban J connectivity index is 4.65. The van der Waals surface area contributed by atoms with Gasteiger partial charge in [-0.3, -0.25) is 30.0 Å². The molecule has 0 aromatic rings. The average Bonchev–Trinajstić information content (AvgIpc) is 2.78. The lowest BCUT2D eigenvalue weighted by Crippen LogP contribution is -2.54. The zero-order valence-corrected chi connectivity index (χ0v) is 22.3. The molecule has 0 fully saturated rings. The lowest BCUT2D eigenvalue weighted by Gasteiger charge is -2.19. The first kappa shape index (κ1) is 32.4. The first-order valence-corrected chi connectivity index (χ1v) is 12.7. The molecule has 35 heavy (non-hydrogen) atoms. The van der Waals surface area contributed by atoms with E-state index in [4.69, 9.17) is 11.7 Å². The van der Waals surface area contributed by atoms with Gasteiger partial charge in [-0.2, -0.15) is 11.8 Å². The van der Waals surface area contributed by atoms with Crippen molar-refractivity contribution < 1.29 is 19.2 Å². The number of hydrogen-bond acceptors (Lipinski definition) is 7. The monoisotopic (exact) mass is 510 g/mol. The number of rotatable bonds is 16. The molecule has 2 atom stereocenters. The van der Waals surface area contributed by atoms with Gasteiger partial charge in [-0.25, -0.2) is 11.7 Å². The highest BCUT2D eigenvalue weighted by Gasteiger charge is 2.25. The summed E-state index contributed by atoms with van der Waals surface area (Å²) in [6, 6.07) is -2.04. The topological polar surface area (TPSA) is 168 Å². The van der Waals surface area contributed by atoms with E-state index in [0.29, 0.717) is 5.75 Å². The molecular weight excluding hydrogens is 468 g/mol. The fourth-order valence-electron chi connectivity index (χ4n) is 3.00. The summed E-state index contributed by atoms with van der Waals surface area (Å²) in [5.41, 5.74) is 7.92. The van der Waals surface area contributed by atoms with Gasteiger partial charge in [0.1, 0.15) is 12.1 Å². The van der Waals surface area contributed by atoms with Crippen molar-refractivity contribution in [3.8, 4) is 0 Å². The highest BCUT2D eigenvalue weighted by Crippen LogP contribution is 2.13. The molecule has 0 spiro atoms. The van der Waals surface area contributed by atoms with Gasteiger partial charge in [0.2, 0.25) is 11.8 Å². The van der Waals surface area contributed by atoms with Crippen LogP contribution in [-0.4, -0.2) is 47.2 Å². The summed E-state index contributed by atoms with van der Waals surface area (Å²) in [6.07, 6.45) is 10.3. The Morgan fingerprint density at radius 1 is 0.771 bits per heavy atom. The van der Waals surface area contributed by atoms with Gasteiger partial charge in [0.25, 0.3) is 11.8 Å². The lowest BCUT2D eigenvalue weighted by atomic mass is 10.1. The molecule has 0 bridgehead atoms. The first-order valence-electron chi connectivity index (χ1n) is 11.6. The van der Waals surface area contributed by atoms with E-state index in [2.05, 4.69) is 56.6 Å². The van der Waals surface area contributed by atoms with Crippen molar-refractivity contribution in [1.82, 2.24) is 21.5 Å². The van der Waals surface area contributed by atoms with Gasteiger partial charge in [-0.15, -0.1) is 0 Å². The second kappa shape index (κ2) is 18.7. The van der Waals surface area contributed by atoms with Gasteiger partial charge in [-0.1, -0.05) is 34.9 Å². The maximum absolute atomic E-state index is 12.4. The Bertz CT molecular complexity index is 806. The molecule has 0 aliphatic rings. The van der Waals surface area contributed by atoms with E-state index < -0.39 is 35.7 Å². The second-order valence-corrected chi connectivity index (χ2v) is 9.67. The van der Waals surface area contributed by atoms with Crippen LogP contribution in [0.2, 0.25) is 0 Å². The number of nitrogens with two attached hydrogens (primary N) is 2. The molecule has 0 aromatic heterocycles. The van der Waals surface area contributed by atoms with Crippen molar-refractivity contribution in [2.45, 2.75) is 78.8 Å². The third kappa shape index (κ3) is 16.6. The van der Waals surface area contributed by atoms with Crippen molar-refractivity contribution in [3.05, 3.63) is 34.9 Å². The Labute approximate surface area is 213 Å². The predicted molar refractivity (Wildman–Crippen MR) is 142 cm³/mol. The van der Waals surface area contributed by atoms with Gasteiger partial charge in [0, 0.05) is 18.4 Å². The van der Waals surface area contributed by atoms with E-state index in [0.717, 1.165) is 25.7 Å². The number of allylic oxidation sites excluding steroid dienone is 5. The molecule has 0 rings (SSSR count). The molecule has 0 aliphatic carbocycles. The third-order valence-electron chi connectivity index (χ3n) is 4.98. The molecule has 4 amide bonds.